The van der Waals surface area contributed by atoms with Crippen molar-refractivity contribution in [2.45, 2.75) is 19.4 Å². The number of hydrogen-bond acceptors (Lipinski definition) is 4. The minimum absolute atomic E-state index is 0.103. The third-order valence-electron chi connectivity index (χ3n) is 2.03. The van der Waals surface area contributed by atoms with Crippen molar-refractivity contribution in [2.24, 2.45) is 5.73 Å². The van der Waals surface area contributed by atoms with Crippen LogP contribution < -0.4 is 10.5 Å². The number of ether oxygens (including phenoxy) is 1. The molecule has 0 aliphatic heterocycles. The molecule has 0 bridgehead atoms. The zero-order valence-electron chi connectivity index (χ0n) is 8.64. The van der Waals surface area contributed by atoms with Gasteiger partial charge in [-0.3, -0.25) is 4.79 Å². The molecular weight excluding hydrogens is 194 g/mol. The number of aliphatic hydroxyl groups is 1. The van der Waals surface area contributed by atoms with Crippen LogP contribution in [0.25, 0.3) is 0 Å². The number of hydrogen-bond donors (Lipinski definition) is 2. The van der Waals surface area contributed by atoms with Gasteiger partial charge in [0, 0.05) is 6.42 Å². The van der Waals surface area contributed by atoms with E-state index in [1.54, 1.807) is 31.2 Å². The highest BCUT2D eigenvalue weighted by Crippen LogP contribution is 2.16. The second-order valence-electron chi connectivity index (χ2n) is 3.19. The highest BCUT2D eigenvalue weighted by Gasteiger charge is 2.05. The maximum absolute atomic E-state index is 11.0. The molecule has 0 spiro atoms. The second-order valence-corrected chi connectivity index (χ2v) is 3.19. The SMILES string of the molecule is CCC(=O)Oc1ccc(C(N)CO)cc1. The number of nitrogens with two attached hydrogens (primary N) is 1. The summed E-state index contributed by atoms with van der Waals surface area (Å²) in [7, 11) is 0. The average molecular weight is 209 g/mol. The maximum Gasteiger partial charge on any atom is 0.310 e. The third kappa shape index (κ3) is 3.34. The third-order valence-corrected chi connectivity index (χ3v) is 2.03. The highest BCUT2D eigenvalue weighted by atomic mass is 16.5. The fourth-order valence-corrected chi connectivity index (χ4v) is 1.09. The summed E-state index contributed by atoms with van der Waals surface area (Å²) in [4.78, 5) is 11.0. The topological polar surface area (TPSA) is 72.5 Å². The van der Waals surface area contributed by atoms with Crippen molar-refractivity contribution in [3.05, 3.63) is 29.8 Å². The Morgan fingerprint density at radius 1 is 1.47 bits per heavy atom. The van der Waals surface area contributed by atoms with Crippen molar-refractivity contribution in [1.82, 2.24) is 0 Å². The normalized spacial score (nSPS) is 12.2. The standard InChI is InChI=1S/C11H15NO3/c1-2-11(14)15-9-5-3-8(4-6-9)10(12)7-13/h3-6,10,13H,2,7,12H2,1H3. The lowest BCUT2D eigenvalue weighted by atomic mass is 10.1. The lowest BCUT2D eigenvalue weighted by Gasteiger charge is -2.09. The Labute approximate surface area is 88.7 Å². The van der Waals surface area contributed by atoms with Crippen LogP contribution in [-0.2, 0) is 4.79 Å². The number of carbonyl (C=O) groups excluding carboxylic acids is 1. The van der Waals surface area contributed by atoms with Gasteiger partial charge in [-0.25, -0.2) is 0 Å². The summed E-state index contributed by atoms with van der Waals surface area (Å²) in [6.45, 7) is 1.63. The number of rotatable bonds is 4. The Bertz CT molecular complexity index is 321. The van der Waals surface area contributed by atoms with Crippen LogP contribution in [0.3, 0.4) is 0 Å². The van der Waals surface area contributed by atoms with Crippen molar-refractivity contribution in [3.63, 3.8) is 0 Å². The smallest absolute Gasteiger partial charge is 0.310 e. The van der Waals surface area contributed by atoms with Crippen molar-refractivity contribution in [3.8, 4) is 5.75 Å². The van der Waals surface area contributed by atoms with Crippen LogP contribution in [0.2, 0.25) is 0 Å². The molecule has 4 heteroatoms. The van der Waals surface area contributed by atoms with E-state index in [1.807, 2.05) is 0 Å². The van der Waals surface area contributed by atoms with E-state index in [-0.39, 0.29) is 18.6 Å². The fraction of sp³-hybridized carbons (Fsp3) is 0.364. The van der Waals surface area contributed by atoms with Gasteiger partial charge in [0.2, 0.25) is 0 Å². The lowest BCUT2D eigenvalue weighted by molar-refractivity contribution is -0.134. The molecule has 15 heavy (non-hydrogen) atoms. The highest BCUT2D eigenvalue weighted by molar-refractivity contribution is 5.71. The molecule has 0 aliphatic carbocycles. The van der Waals surface area contributed by atoms with Crippen LogP contribution in [0.15, 0.2) is 24.3 Å². The van der Waals surface area contributed by atoms with Gasteiger partial charge in [0.05, 0.1) is 12.6 Å². The van der Waals surface area contributed by atoms with E-state index in [0.717, 1.165) is 5.56 Å². The Morgan fingerprint density at radius 2 is 2.07 bits per heavy atom. The van der Waals surface area contributed by atoms with Gasteiger partial charge < -0.3 is 15.6 Å². The predicted molar refractivity (Wildman–Crippen MR) is 56.4 cm³/mol. The Hall–Kier alpha value is -1.39. The summed E-state index contributed by atoms with van der Waals surface area (Å²) in [5.41, 5.74) is 6.43. The molecule has 0 aromatic heterocycles. The molecule has 0 saturated carbocycles. The van der Waals surface area contributed by atoms with Gasteiger partial charge in [0.15, 0.2) is 0 Å². The first-order chi connectivity index (χ1) is 7.17. The molecule has 1 unspecified atom stereocenters. The van der Waals surface area contributed by atoms with Crippen LogP contribution in [0.1, 0.15) is 24.9 Å². The minimum atomic E-state index is -0.388. The van der Waals surface area contributed by atoms with Crippen LogP contribution in [0.5, 0.6) is 5.75 Å². The Morgan fingerprint density at radius 3 is 2.53 bits per heavy atom. The molecule has 1 aromatic rings. The monoisotopic (exact) mass is 209 g/mol. The zero-order chi connectivity index (χ0) is 11.3. The first kappa shape index (κ1) is 11.7. The van der Waals surface area contributed by atoms with E-state index < -0.39 is 0 Å². The summed E-state index contributed by atoms with van der Waals surface area (Å²) in [5.74, 6) is 0.227. The van der Waals surface area contributed by atoms with Gasteiger partial charge in [-0.1, -0.05) is 19.1 Å². The molecule has 0 aliphatic rings. The van der Waals surface area contributed by atoms with E-state index in [1.165, 1.54) is 0 Å². The fourth-order valence-electron chi connectivity index (χ4n) is 1.09. The van der Waals surface area contributed by atoms with Crippen LogP contribution in [0, 0.1) is 0 Å². The van der Waals surface area contributed by atoms with E-state index in [4.69, 9.17) is 15.6 Å². The molecule has 0 amide bonds. The van der Waals surface area contributed by atoms with Crippen LogP contribution in [0.4, 0.5) is 0 Å². The molecule has 4 nitrogen and oxygen atoms in total. The first-order valence-electron chi connectivity index (χ1n) is 4.84. The van der Waals surface area contributed by atoms with Gasteiger partial charge in [-0.2, -0.15) is 0 Å². The summed E-state index contributed by atoms with van der Waals surface area (Å²) < 4.78 is 4.99. The molecule has 0 saturated heterocycles. The van der Waals surface area contributed by atoms with Gasteiger partial charge in [-0.05, 0) is 17.7 Å². The summed E-state index contributed by atoms with van der Waals surface area (Å²) in [6, 6.07) is 6.41. The number of carbonyl (C=O) groups is 1. The van der Waals surface area contributed by atoms with Crippen molar-refractivity contribution < 1.29 is 14.6 Å². The molecule has 0 radical (unpaired) electrons. The number of benzene rings is 1. The number of esters is 1. The molecular formula is C11H15NO3. The van der Waals surface area contributed by atoms with E-state index in [0.29, 0.717) is 12.2 Å². The summed E-state index contributed by atoms with van der Waals surface area (Å²) in [6.07, 6.45) is 0.345. The quantitative estimate of drug-likeness (QED) is 0.573. The molecule has 82 valence electrons. The maximum atomic E-state index is 11.0. The van der Waals surface area contributed by atoms with E-state index >= 15 is 0 Å². The lowest BCUT2D eigenvalue weighted by Crippen LogP contribution is -2.14. The molecule has 0 heterocycles. The molecule has 1 aromatic carbocycles. The summed E-state index contributed by atoms with van der Waals surface area (Å²) >= 11 is 0. The van der Waals surface area contributed by atoms with Gasteiger partial charge in [0.1, 0.15) is 5.75 Å². The largest absolute Gasteiger partial charge is 0.427 e. The molecule has 1 rings (SSSR count). The Balaban J connectivity index is 2.68. The molecule has 1 atom stereocenters. The van der Waals surface area contributed by atoms with Crippen molar-refractivity contribution in [1.29, 1.82) is 0 Å². The second kappa shape index (κ2) is 5.48. The van der Waals surface area contributed by atoms with Gasteiger partial charge in [0.25, 0.3) is 0 Å². The Kier molecular flexibility index (Phi) is 4.27. The molecule has 0 fully saturated rings. The molecule has 3 N–H and O–H groups in total. The first-order valence-corrected chi connectivity index (χ1v) is 4.84. The van der Waals surface area contributed by atoms with Crippen molar-refractivity contribution >= 4 is 5.97 Å². The van der Waals surface area contributed by atoms with Crippen LogP contribution >= 0.6 is 0 Å². The van der Waals surface area contributed by atoms with E-state index in [9.17, 15) is 4.79 Å². The number of aliphatic hydroxyl groups excluding tert-OH is 1. The van der Waals surface area contributed by atoms with Crippen LogP contribution in [-0.4, -0.2) is 17.7 Å². The van der Waals surface area contributed by atoms with Crippen molar-refractivity contribution in [2.75, 3.05) is 6.61 Å². The van der Waals surface area contributed by atoms with Gasteiger partial charge >= 0.3 is 5.97 Å². The zero-order valence-corrected chi connectivity index (χ0v) is 8.64. The summed E-state index contributed by atoms with van der Waals surface area (Å²) in [5, 5.41) is 8.83. The minimum Gasteiger partial charge on any atom is -0.427 e. The van der Waals surface area contributed by atoms with Gasteiger partial charge in [-0.15, -0.1) is 0 Å². The average Bonchev–Trinajstić information content (AvgIpc) is 2.29. The van der Waals surface area contributed by atoms with E-state index in [2.05, 4.69) is 0 Å². The predicted octanol–water partition coefficient (Wildman–Crippen LogP) is 0.994.